The van der Waals surface area contributed by atoms with Crippen molar-refractivity contribution in [1.29, 1.82) is 0 Å². The summed E-state index contributed by atoms with van der Waals surface area (Å²) in [6.07, 6.45) is 2.73. The van der Waals surface area contributed by atoms with Crippen LogP contribution in [0.5, 0.6) is 0 Å². The van der Waals surface area contributed by atoms with Gasteiger partial charge in [0.25, 0.3) is 0 Å². The summed E-state index contributed by atoms with van der Waals surface area (Å²) in [5.74, 6) is 1.04. The third-order valence-corrected chi connectivity index (χ3v) is 2.78. The molecule has 5 heteroatoms. The lowest BCUT2D eigenvalue weighted by Gasteiger charge is -2.21. The van der Waals surface area contributed by atoms with Crippen molar-refractivity contribution >= 4 is 5.69 Å². The number of methoxy groups -OCH3 is 1. The van der Waals surface area contributed by atoms with Crippen molar-refractivity contribution in [2.24, 2.45) is 0 Å². The van der Waals surface area contributed by atoms with Gasteiger partial charge in [-0.15, -0.1) is 0 Å². The Kier molecular flexibility index (Phi) is 6.01. The molecule has 18 heavy (non-hydrogen) atoms. The van der Waals surface area contributed by atoms with Gasteiger partial charge in [0.15, 0.2) is 0 Å². The molecule has 1 N–H and O–H groups in total. The fourth-order valence-corrected chi connectivity index (χ4v) is 1.71. The van der Waals surface area contributed by atoms with Crippen molar-refractivity contribution < 1.29 is 9.84 Å². The summed E-state index contributed by atoms with van der Waals surface area (Å²) in [5.41, 5.74) is 1.58. The van der Waals surface area contributed by atoms with E-state index in [0.29, 0.717) is 5.69 Å². The van der Waals surface area contributed by atoms with Crippen molar-refractivity contribution in [3.05, 3.63) is 17.7 Å². The van der Waals surface area contributed by atoms with Crippen LogP contribution >= 0.6 is 0 Å². The first-order valence-corrected chi connectivity index (χ1v) is 6.26. The quantitative estimate of drug-likeness (QED) is 0.747. The van der Waals surface area contributed by atoms with Crippen LogP contribution in [0.25, 0.3) is 0 Å². The van der Waals surface area contributed by atoms with Crippen LogP contribution in [0.1, 0.15) is 37.7 Å². The van der Waals surface area contributed by atoms with Crippen LogP contribution in [0.4, 0.5) is 5.69 Å². The molecule has 1 aromatic heterocycles. The van der Waals surface area contributed by atoms with Gasteiger partial charge in [-0.05, 0) is 6.42 Å². The van der Waals surface area contributed by atoms with E-state index in [1.54, 1.807) is 13.3 Å². The van der Waals surface area contributed by atoms with Gasteiger partial charge in [-0.25, -0.2) is 9.97 Å². The predicted molar refractivity (Wildman–Crippen MR) is 71.8 cm³/mol. The molecule has 1 aromatic rings. The molecule has 0 saturated heterocycles. The van der Waals surface area contributed by atoms with Gasteiger partial charge >= 0.3 is 0 Å². The molecule has 0 amide bonds. The Morgan fingerprint density at radius 2 is 2.17 bits per heavy atom. The van der Waals surface area contributed by atoms with Gasteiger partial charge in [0.05, 0.1) is 24.2 Å². The second kappa shape index (κ2) is 7.28. The number of aliphatic hydroxyl groups excluding tert-OH is 1. The first-order chi connectivity index (χ1) is 8.60. The maximum Gasteiger partial charge on any atom is 0.131 e. The zero-order chi connectivity index (χ0) is 13.5. The van der Waals surface area contributed by atoms with E-state index in [2.05, 4.69) is 14.9 Å². The monoisotopic (exact) mass is 253 g/mol. The summed E-state index contributed by atoms with van der Waals surface area (Å²) in [6.45, 7) is 5.60. The molecule has 0 spiro atoms. The number of rotatable bonds is 7. The highest BCUT2D eigenvalue weighted by molar-refractivity contribution is 5.48. The highest BCUT2D eigenvalue weighted by atomic mass is 16.5. The van der Waals surface area contributed by atoms with Crippen molar-refractivity contribution in [2.75, 3.05) is 32.2 Å². The first kappa shape index (κ1) is 14.9. The zero-order valence-corrected chi connectivity index (χ0v) is 11.7. The van der Waals surface area contributed by atoms with Crippen molar-refractivity contribution in [2.45, 2.75) is 32.8 Å². The Hall–Kier alpha value is -1.20. The van der Waals surface area contributed by atoms with E-state index in [1.807, 2.05) is 20.9 Å². The molecular formula is C13H23N3O2. The second-order valence-electron chi connectivity index (χ2n) is 4.64. The molecule has 0 aromatic carbocycles. The molecule has 0 aliphatic heterocycles. The van der Waals surface area contributed by atoms with E-state index in [-0.39, 0.29) is 12.5 Å². The summed E-state index contributed by atoms with van der Waals surface area (Å²) in [4.78, 5) is 10.8. The maximum absolute atomic E-state index is 9.40. The summed E-state index contributed by atoms with van der Waals surface area (Å²) >= 11 is 0. The van der Waals surface area contributed by atoms with Crippen LogP contribution in [-0.2, 0) is 11.3 Å². The number of aromatic nitrogens is 2. The largest absolute Gasteiger partial charge is 0.390 e. The van der Waals surface area contributed by atoms with Crippen LogP contribution in [0.15, 0.2) is 6.20 Å². The molecule has 0 radical (unpaired) electrons. The molecule has 0 unspecified atom stereocenters. The summed E-state index contributed by atoms with van der Waals surface area (Å²) < 4.78 is 5.03. The summed E-state index contributed by atoms with van der Waals surface area (Å²) in [7, 11) is 3.67. The van der Waals surface area contributed by atoms with E-state index in [1.165, 1.54) is 0 Å². The Balaban J connectivity index is 2.81. The maximum atomic E-state index is 9.40. The highest BCUT2D eigenvalue weighted by Gasteiger charge is 2.12. The Morgan fingerprint density at radius 1 is 1.44 bits per heavy atom. The van der Waals surface area contributed by atoms with Crippen LogP contribution in [0.3, 0.4) is 0 Å². The average molecular weight is 253 g/mol. The molecule has 0 aliphatic carbocycles. The van der Waals surface area contributed by atoms with Gasteiger partial charge in [-0.2, -0.15) is 0 Å². The molecular weight excluding hydrogens is 230 g/mol. The number of aliphatic hydroxyl groups is 1. The normalized spacial score (nSPS) is 11.0. The average Bonchev–Trinajstić information content (AvgIpc) is 2.38. The van der Waals surface area contributed by atoms with Crippen molar-refractivity contribution in [3.8, 4) is 0 Å². The van der Waals surface area contributed by atoms with Gasteiger partial charge in [-0.1, -0.05) is 13.8 Å². The van der Waals surface area contributed by atoms with Crippen molar-refractivity contribution in [1.82, 2.24) is 9.97 Å². The standard InChI is InChI=1S/C13H23N3O2/c1-10(2)13-14-8-12(11(9-17)15-13)16(3)6-5-7-18-4/h8,10,17H,5-7,9H2,1-4H3. The number of hydrogen-bond acceptors (Lipinski definition) is 5. The molecule has 0 bridgehead atoms. The van der Waals surface area contributed by atoms with E-state index in [4.69, 9.17) is 4.74 Å². The molecule has 0 aliphatic rings. The zero-order valence-electron chi connectivity index (χ0n) is 11.7. The lowest BCUT2D eigenvalue weighted by Crippen LogP contribution is -2.22. The second-order valence-corrected chi connectivity index (χ2v) is 4.64. The van der Waals surface area contributed by atoms with E-state index in [0.717, 1.165) is 31.1 Å². The van der Waals surface area contributed by atoms with Gasteiger partial charge in [0.1, 0.15) is 5.82 Å². The lowest BCUT2D eigenvalue weighted by molar-refractivity contribution is 0.196. The minimum absolute atomic E-state index is 0.0633. The molecule has 102 valence electrons. The van der Waals surface area contributed by atoms with Gasteiger partial charge in [0.2, 0.25) is 0 Å². The number of hydrogen-bond donors (Lipinski definition) is 1. The fraction of sp³-hybridized carbons (Fsp3) is 0.692. The third-order valence-electron chi connectivity index (χ3n) is 2.78. The van der Waals surface area contributed by atoms with Crippen LogP contribution in [0, 0.1) is 0 Å². The van der Waals surface area contributed by atoms with Crippen LogP contribution < -0.4 is 4.90 Å². The highest BCUT2D eigenvalue weighted by Crippen LogP contribution is 2.19. The van der Waals surface area contributed by atoms with Gasteiger partial charge in [0, 0.05) is 33.2 Å². The van der Waals surface area contributed by atoms with E-state index < -0.39 is 0 Å². The number of anilines is 1. The predicted octanol–water partition coefficient (Wildman–Crippen LogP) is 1.56. The summed E-state index contributed by atoms with van der Waals surface area (Å²) in [6, 6.07) is 0. The van der Waals surface area contributed by atoms with Crippen LogP contribution in [-0.4, -0.2) is 42.4 Å². The molecule has 0 saturated carbocycles. The molecule has 0 fully saturated rings. The Labute approximate surface area is 109 Å². The smallest absolute Gasteiger partial charge is 0.131 e. The molecule has 1 heterocycles. The fourth-order valence-electron chi connectivity index (χ4n) is 1.71. The third kappa shape index (κ3) is 3.92. The Bertz CT molecular complexity index is 369. The van der Waals surface area contributed by atoms with Crippen LogP contribution in [0.2, 0.25) is 0 Å². The minimum atomic E-state index is -0.0633. The van der Waals surface area contributed by atoms with Gasteiger partial charge < -0.3 is 14.7 Å². The van der Waals surface area contributed by atoms with Gasteiger partial charge in [-0.3, -0.25) is 0 Å². The van der Waals surface area contributed by atoms with Crippen molar-refractivity contribution in [3.63, 3.8) is 0 Å². The Morgan fingerprint density at radius 3 is 2.72 bits per heavy atom. The molecule has 5 nitrogen and oxygen atoms in total. The molecule has 0 atom stereocenters. The minimum Gasteiger partial charge on any atom is -0.390 e. The lowest BCUT2D eigenvalue weighted by atomic mass is 10.2. The first-order valence-electron chi connectivity index (χ1n) is 6.26. The number of ether oxygens (including phenoxy) is 1. The summed E-state index contributed by atoms with van der Waals surface area (Å²) in [5, 5.41) is 9.40. The van der Waals surface area contributed by atoms with E-state index >= 15 is 0 Å². The molecule has 1 rings (SSSR count). The SMILES string of the molecule is COCCCN(C)c1cnc(C(C)C)nc1CO. The number of nitrogens with zero attached hydrogens (tertiary/aromatic N) is 3. The van der Waals surface area contributed by atoms with E-state index in [9.17, 15) is 5.11 Å². The topological polar surface area (TPSA) is 58.5 Å².